The topological polar surface area (TPSA) is 44.7 Å². The first-order valence-electron chi connectivity index (χ1n) is 3.81. The molecule has 0 saturated carbocycles. The van der Waals surface area contributed by atoms with Crippen LogP contribution in [-0.4, -0.2) is 48.9 Å². The molecule has 0 radical (unpaired) electrons. The molecule has 0 fully saturated rings. The Labute approximate surface area is 76.4 Å². The number of nitrogens with zero attached hydrogens (tertiary/aromatic N) is 2. The van der Waals surface area contributed by atoms with Crippen molar-refractivity contribution >= 4 is 22.8 Å². The van der Waals surface area contributed by atoms with E-state index in [1.807, 2.05) is 0 Å². The highest BCUT2D eigenvalue weighted by Gasteiger charge is 2.08. The van der Waals surface area contributed by atoms with Gasteiger partial charge in [-0.25, -0.2) is 0 Å². The number of carbonyl (C=O) groups excluding carboxylic acids is 1. The Morgan fingerprint density at radius 3 is 3.00 bits per heavy atom. The Hall–Kier alpha value is -0.710. The fourth-order valence-electron chi connectivity index (χ4n) is 0.751. The standard InChI is InChI=1S/C7H13N3OS/c1-10(2)6(11)5-9-7-8-3-4-12-7/h3-5H2,1-2H3,(H,8,9). The quantitative estimate of drug-likeness (QED) is 0.649. The molecule has 0 unspecified atom stereocenters. The molecule has 0 aromatic carbocycles. The normalized spacial score (nSPS) is 15.7. The lowest BCUT2D eigenvalue weighted by atomic mass is 10.5. The zero-order valence-corrected chi connectivity index (χ0v) is 8.15. The molecule has 0 aromatic heterocycles. The van der Waals surface area contributed by atoms with Crippen LogP contribution in [0.2, 0.25) is 0 Å². The summed E-state index contributed by atoms with van der Waals surface area (Å²) in [5, 5.41) is 3.88. The van der Waals surface area contributed by atoms with Crippen LogP contribution in [0.15, 0.2) is 4.99 Å². The minimum Gasteiger partial charge on any atom is -0.356 e. The zero-order valence-electron chi connectivity index (χ0n) is 7.33. The van der Waals surface area contributed by atoms with Crippen molar-refractivity contribution in [3.05, 3.63) is 0 Å². The van der Waals surface area contributed by atoms with Crippen molar-refractivity contribution in [3.63, 3.8) is 0 Å². The maximum absolute atomic E-state index is 11.1. The third-order valence-electron chi connectivity index (χ3n) is 1.48. The first kappa shape index (κ1) is 9.38. The highest BCUT2D eigenvalue weighted by molar-refractivity contribution is 8.14. The average molecular weight is 187 g/mol. The van der Waals surface area contributed by atoms with E-state index in [1.165, 1.54) is 0 Å². The van der Waals surface area contributed by atoms with Crippen molar-refractivity contribution in [2.45, 2.75) is 0 Å². The van der Waals surface area contributed by atoms with E-state index >= 15 is 0 Å². The second-order valence-corrected chi connectivity index (χ2v) is 3.76. The minimum atomic E-state index is 0.0743. The predicted octanol–water partition coefficient (Wildman–Crippen LogP) is -0.233. The number of rotatable bonds is 2. The van der Waals surface area contributed by atoms with Gasteiger partial charge in [0.2, 0.25) is 5.91 Å². The molecule has 1 aliphatic rings. The molecule has 0 saturated heterocycles. The van der Waals surface area contributed by atoms with E-state index in [1.54, 1.807) is 30.8 Å². The van der Waals surface area contributed by atoms with Crippen molar-refractivity contribution in [2.24, 2.45) is 4.99 Å². The smallest absolute Gasteiger partial charge is 0.241 e. The average Bonchev–Trinajstić information content (AvgIpc) is 2.51. The van der Waals surface area contributed by atoms with Crippen molar-refractivity contribution in [1.29, 1.82) is 0 Å². The molecule has 0 bridgehead atoms. The van der Waals surface area contributed by atoms with Crippen molar-refractivity contribution in [2.75, 3.05) is 32.9 Å². The zero-order chi connectivity index (χ0) is 8.97. The molecule has 1 aliphatic heterocycles. The van der Waals surface area contributed by atoms with Gasteiger partial charge in [-0.1, -0.05) is 11.8 Å². The van der Waals surface area contributed by atoms with Gasteiger partial charge in [0.25, 0.3) is 0 Å². The summed E-state index contributed by atoms with van der Waals surface area (Å²) >= 11 is 1.66. The summed E-state index contributed by atoms with van der Waals surface area (Å²) in [6.07, 6.45) is 0. The van der Waals surface area contributed by atoms with Crippen LogP contribution >= 0.6 is 11.8 Å². The Balaban J connectivity index is 2.21. The Kier molecular flexibility index (Phi) is 3.40. The molecule has 68 valence electrons. The van der Waals surface area contributed by atoms with E-state index in [2.05, 4.69) is 10.3 Å². The summed E-state index contributed by atoms with van der Waals surface area (Å²) in [4.78, 5) is 16.8. The van der Waals surface area contributed by atoms with E-state index in [9.17, 15) is 4.79 Å². The number of hydrogen-bond donors (Lipinski definition) is 1. The van der Waals surface area contributed by atoms with Gasteiger partial charge in [-0.15, -0.1) is 0 Å². The van der Waals surface area contributed by atoms with Crippen LogP contribution in [0.25, 0.3) is 0 Å². The third kappa shape index (κ3) is 2.73. The summed E-state index contributed by atoms with van der Waals surface area (Å²) in [5.41, 5.74) is 0. The summed E-state index contributed by atoms with van der Waals surface area (Å²) in [6, 6.07) is 0. The van der Waals surface area contributed by atoms with E-state index in [0.29, 0.717) is 6.54 Å². The molecule has 4 nitrogen and oxygen atoms in total. The monoisotopic (exact) mass is 187 g/mol. The third-order valence-corrected chi connectivity index (χ3v) is 2.41. The van der Waals surface area contributed by atoms with Crippen molar-refractivity contribution < 1.29 is 4.79 Å². The van der Waals surface area contributed by atoms with E-state index in [0.717, 1.165) is 17.5 Å². The molecule has 1 N–H and O–H groups in total. The van der Waals surface area contributed by atoms with Crippen LogP contribution in [0.1, 0.15) is 0 Å². The molecular formula is C7H13N3OS. The van der Waals surface area contributed by atoms with Gasteiger partial charge in [0.1, 0.15) is 0 Å². The lowest BCUT2D eigenvalue weighted by molar-refractivity contribution is -0.127. The number of aliphatic imine (C=N–C) groups is 1. The lowest BCUT2D eigenvalue weighted by Crippen LogP contribution is -2.34. The molecule has 1 rings (SSSR count). The van der Waals surface area contributed by atoms with Crippen molar-refractivity contribution in [3.8, 4) is 0 Å². The maximum Gasteiger partial charge on any atom is 0.241 e. The van der Waals surface area contributed by atoms with Gasteiger partial charge in [0, 0.05) is 19.8 Å². The van der Waals surface area contributed by atoms with Gasteiger partial charge in [-0.05, 0) is 0 Å². The van der Waals surface area contributed by atoms with Crippen LogP contribution in [0.4, 0.5) is 0 Å². The highest BCUT2D eigenvalue weighted by atomic mass is 32.2. The van der Waals surface area contributed by atoms with E-state index in [-0.39, 0.29) is 5.91 Å². The van der Waals surface area contributed by atoms with Crippen LogP contribution in [0.5, 0.6) is 0 Å². The Morgan fingerprint density at radius 2 is 2.50 bits per heavy atom. The summed E-state index contributed by atoms with van der Waals surface area (Å²) in [7, 11) is 3.49. The molecule has 0 aliphatic carbocycles. The first-order chi connectivity index (χ1) is 5.70. The molecule has 1 heterocycles. The van der Waals surface area contributed by atoms with Gasteiger partial charge >= 0.3 is 0 Å². The molecule has 12 heavy (non-hydrogen) atoms. The van der Waals surface area contributed by atoms with Gasteiger partial charge in [-0.2, -0.15) is 0 Å². The molecule has 1 amide bonds. The summed E-state index contributed by atoms with van der Waals surface area (Å²) < 4.78 is 0. The molecular weight excluding hydrogens is 174 g/mol. The highest BCUT2D eigenvalue weighted by Crippen LogP contribution is 2.08. The van der Waals surface area contributed by atoms with Gasteiger partial charge in [0.05, 0.1) is 13.1 Å². The predicted molar refractivity (Wildman–Crippen MR) is 51.5 cm³/mol. The second-order valence-electron chi connectivity index (χ2n) is 2.68. The number of amidine groups is 1. The van der Waals surface area contributed by atoms with Gasteiger partial charge in [0.15, 0.2) is 5.17 Å². The summed E-state index contributed by atoms with van der Waals surface area (Å²) in [5.74, 6) is 1.10. The van der Waals surface area contributed by atoms with Gasteiger partial charge < -0.3 is 10.2 Å². The van der Waals surface area contributed by atoms with E-state index < -0.39 is 0 Å². The maximum atomic E-state index is 11.1. The fourth-order valence-corrected chi connectivity index (χ4v) is 1.48. The SMILES string of the molecule is CN(C)C(=O)CNC1=NCCS1. The van der Waals surface area contributed by atoms with Crippen LogP contribution < -0.4 is 5.32 Å². The molecule has 5 heteroatoms. The van der Waals surface area contributed by atoms with Gasteiger partial charge in [-0.3, -0.25) is 9.79 Å². The number of amides is 1. The second kappa shape index (κ2) is 4.35. The number of hydrogen-bond acceptors (Lipinski definition) is 4. The van der Waals surface area contributed by atoms with Crippen LogP contribution in [0.3, 0.4) is 0 Å². The van der Waals surface area contributed by atoms with Crippen LogP contribution in [0, 0.1) is 0 Å². The fraction of sp³-hybridized carbons (Fsp3) is 0.714. The lowest BCUT2D eigenvalue weighted by Gasteiger charge is -2.10. The number of nitrogens with one attached hydrogen (secondary N) is 1. The Morgan fingerprint density at radius 1 is 1.75 bits per heavy atom. The first-order valence-corrected chi connectivity index (χ1v) is 4.80. The number of thioether (sulfide) groups is 1. The largest absolute Gasteiger partial charge is 0.356 e. The molecule has 0 aromatic rings. The Bertz CT molecular complexity index is 203. The van der Waals surface area contributed by atoms with Crippen LogP contribution in [-0.2, 0) is 4.79 Å². The molecule has 0 spiro atoms. The molecule has 0 atom stereocenters. The van der Waals surface area contributed by atoms with E-state index in [4.69, 9.17) is 0 Å². The number of carbonyl (C=O) groups is 1. The number of likely N-dealkylation sites (N-methyl/N-ethyl adjacent to an activating group) is 1. The minimum absolute atomic E-state index is 0.0743. The van der Waals surface area contributed by atoms with Crippen molar-refractivity contribution in [1.82, 2.24) is 10.2 Å². The summed E-state index contributed by atoms with van der Waals surface area (Å²) in [6.45, 7) is 1.21.